The van der Waals surface area contributed by atoms with E-state index in [9.17, 15) is 4.79 Å². The molecule has 5 nitrogen and oxygen atoms in total. The number of amides is 2. The normalized spacial score (nSPS) is 20.3. The third kappa shape index (κ3) is 2.81. The number of halogens is 1. The Labute approximate surface area is 140 Å². The molecule has 2 amide bonds. The Morgan fingerprint density at radius 1 is 1.26 bits per heavy atom. The van der Waals surface area contributed by atoms with Crippen LogP contribution < -0.4 is 5.32 Å². The van der Waals surface area contributed by atoms with E-state index in [1.807, 2.05) is 42.4 Å². The van der Waals surface area contributed by atoms with Gasteiger partial charge in [0.25, 0.3) is 0 Å². The average molecular weight is 331 g/mol. The second kappa shape index (κ2) is 5.57. The number of nitrogens with one attached hydrogen (secondary N) is 1. The van der Waals surface area contributed by atoms with Crippen molar-refractivity contribution in [1.82, 2.24) is 14.7 Å². The molecule has 1 saturated heterocycles. The van der Waals surface area contributed by atoms with Crippen LogP contribution in [0, 0.1) is 0 Å². The predicted molar refractivity (Wildman–Crippen MR) is 89.7 cm³/mol. The number of carbonyl (C=O) groups excluding carboxylic acids is 1. The smallest absolute Gasteiger partial charge is 0.317 e. The number of carbonyl (C=O) groups is 1. The Balaban J connectivity index is 1.48. The largest absolute Gasteiger partial charge is 0.322 e. The van der Waals surface area contributed by atoms with Gasteiger partial charge in [-0.3, -0.25) is 4.68 Å². The maximum absolute atomic E-state index is 12.6. The van der Waals surface area contributed by atoms with Gasteiger partial charge in [-0.15, -0.1) is 0 Å². The number of hydrogen-bond acceptors (Lipinski definition) is 2. The van der Waals surface area contributed by atoms with Crippen molar-refractivity contribution in [3.63, 3.8) is 0 Å². The van der Waals surface area contributed by atoms with Crippen LogP contribution in [-0.2, 0) is 7.05 Å². The molecule has 23 heavy (non-hydrogen) atoms. The highest BCUT2D eigenvalue weighted by Crippen LogP contribution is 2.43. The summed E-state index contributed by atoms with van der Waals surface area (Å²) in [4.78, 5) is 14.5. The monoisotopic (exact) mass is 330 g/mol. The molecule has 1 saturated carbocycles. The number of anilines is 1. The highest BCUT2D eigenvalue weighted by Gasteiger charge is 2.35. The van der Waals surface area contributed by atoms with Crippen molar-refractivity contribution in [3.05, 3.63) is 46.7 Å². The first kappa shape index (κ1) is 14.6. The number of urea groups is 1. The lowest BCUT2D eigenvalue weighted by atomic mass is 9.95. The second-order valence-corrected chi connectivity index (χ2v) is 6.79. The molecule has 120 valence electrons. The molecule has 1 aromatic heterocycles. The van der Waals surface area contributed by atoms with Crippen molar-refractivity contribution < 1.29 is 4.79 Å². The highest BCUT2D eigenvalue weighted by molar-refractivity contribution is 6.30. The van der Waals surface area contributed by atoms with Crippen LogP contribution in [-0.4, -0.2) is 27.3 Å². The molecule has 6 heteroatoms. The molecule has 2 aliphatic rings. The molecule has 2 aromatic rings. The van der Waals surface area contributed by atoms with E-state index in [1.165, 1.54) is 0 Å². The summed E-state index contributed by atoms with van der Waals surface area (Å²) >= 11 is 5.94. The van der Waals surface area contributed by atoms with Crippen LogP contribution >= 0.6 is 11.6 Å². The van der Waals surface area contributed by atoms with Gasteiger partial charge < -0.3 is 10.2 Å². The second-order valence-electron chi connectivity index (χ2n) is 6.36. The van der Waals surface area contributed by atoms with E-state index in [1.54, 1.807) is 4.68 Å². The molecular formula is C17H19ClN4O. The minimum atomic E-state index is -0.0499. The fourth-order valence-electron chi connectivity index (χ4n) is 3.11. The van der Waals surface area contributed by atoms with Gasteiger partial charge >= 0.3 is 6.03 Å². The lowest BCUT2D eigenvalue weighted by Crippen LogP contribution is -2.47. The molecule has 4 rings (SSSR count). The Hall–Kier alpha value is -2.01. The summed E-state index contributed by atoms with van der Waals surface area (Å²) in [6.45, 7) is 0.776. The van der Waals surface area contributed by atoms with Gasteiger partial charge in [-0.05, 0) is 37.0 Å². The zero-order valence-corrected chi connectivity index (χ0v) is 13.8. The predicted octanol–water partition coefficient (Wildman–Crippen LogP) is 3.93. The van der Waals surface area contributed by atoms with Gasteiger partial charge in [0.15, 0.2) is 0 Å². The summed E-state index contributed by atoms with van der Waals surface area (Å²) in [5.41, 5.74) is 3.00. The lowest BCUT2D eigenvalue weighted by molar-refractivity contribution is 0.126. The fourth-order valence-corrected chi connectivity index (χ4v) is 3.24. The molecule has 0 bridgehead atoms. The summed E-state index contributed by atoms with van der Waals surface area (Å²) in [6, 6.07) is 7.81. The SMILES string of the molecule is Cn1cc(NC(=O)N2CCC2c2ccc(Cl)cc2)c(C2CC2)n1. The molecule has 1 aromatic carbocycles. The van der Waals surface area contributed by atoms with Crippen molar-refractivity contribution in [1.29, 1.82) is 0 Å². The van der Waals surface area contributed by atoms with Gasteiger partial charge in [0, 0.05) is 30.7 Å². The van der Waals surface area contributed by atoms with Gasteiger partial charge in [0.1, 0.15) is 0 Å². The highest BCUT2D eigenvalue weighted by atomic mass is 35.5. The Bertz CT molecular complexity index is 736. The molecule has 0 spiro atoms. The van der Waals surface area contributed by atoms with Crippen LogP contribution in [0.5, 0.6) is 0 Å². The van der Waals surface area contributed by atoms with Crippen LogP contribution in [0.1, 0.15) is 42.5 Å². The van der Waals surface area contributed by atoms with Gasteiger partial charge in [-0.1, -0.05) is 23.7 Å². The van der Waals surface area contributed by atoms with Crippen LogP contribution in [0.3, 0.4) is 0 Å². The summed E-state index contributed by atoms with van der Waals surface area (Å²) in [6.07, 6.45) is 5.20. The minimum absolute atomic E-state index is 0.0499. The number of aryl methyl sites for hydroxylation is 1. The molecule has 0 radical (unpaired) electrons. The van der Waals surface area contributed by atoms with Gasteiger partial charge in [0.2, 0.25) is 0 Å². The molecule has 1 aliphatic carbocycles. The maximum Gasteiger partial charge on any atom is 0.322 e. The molecule has 1 atom stereocenters. The van der Waals surface area contributed by atoms with Crippen LogP contribution in [0.2, 0.25) is 5.02 Å². The number of aromatic nitrogens is 2. The van der Waals surface area contributed by atoms with E-state index in [0.717, 1.165) is 42.8 Å². The quantitative estimate of drug-likeness (QED) is 0.927. The summed E-state index contributed by atoms with van der Waals surface area (Å²) in [5.74, 6) is 0.509. The van der Waals surface area contributed by atoms with Crippen molar-refractivity contribution >= 4 is 23.3 Å². The lowest BCUT2D eigenvalue weighted by Gasteiger charge is -2.41. The van der Waals surface area contributed by atoms with E-state index in [0.29, 0.717) is 10.9 Å². The van der Waals surface area contributed by atoms with Gasteiger partial charge in [-0.25, -0.2) is 4.79 Å². The van der Waals surface area contributed by atoms with Gasteiger partial charge in [-0.2, -0.15) is 5.10 Å². The molecular weight excluding hydrogens is 312 g/mol. The van der Waals surface area contributed by atoms with Crippen LogP contribution in [0.25, 0.3) is 0 Å². The van der Waals surface area contributed by atoms with Crippen molar-refractivity contribution in [2.45, 2.75) is 31.2 Å². The average Bonchev–Trinajstić information content (AvgIpc) is 3.24. The zero-order valence-electron chi connectivity index (χ0n) is 13.0. The van der Waals surface area contributed by atoms with Gasteiger partial charge in [0.05, 0.1) is 17.4 Å². The van der Waals surface area contributed by atoms with E-state index in [4.69, 9.17) is 11.6 Å². The minimum Gasteiger partial charge on any atom is -0.317 e. The topological polar surface area (TPSA) is 50.2 Å². The molecule has 2 fully saturated rings. The Morgan fingerprint density at radius 2 is 2.00 bits per heavy atom. The van der Waals surface area contributed by atoms with Crippen molar-refractivity contribution in [3.8, 4) is 0 Å². The summed E-state index contributed by atoms with van der Waals surface area (Å²) in [7, 11) is 1.89. The van der Waals surface area contributed by atoms with Crippen LogP contribution in [0.15, 0.2) is 30.5 Å². The number of benzene rings is 1. The number of likely N-dealkylation sites (tertiary alicyclic amines) is 1. The number of hydrogen-bond donors (Lipinski definition) is 1. The standard InChI is InChI=1S/C17H19ClN4O/c1-21-10-14(16(20-21)12-2-3-12)19-17(23)22-9-8-15(22)11-4-6-13(18)7-5-11/h4-7,10,12,15H,2-3,8-9H2,1H3,(H,19,23). The van der Waals surface area contributed by atoms with Crippen LogP contribution in [0.4, 0.5) is 10.5 Å². The van der Waals surface area contributed by atoms with E-state index >= 15 is 0 Å². The number of nitrogens with zero attached hydrogens (tertiary/aromatic N) is 3. The molecule has 2 heterocycles. The molecule has 1 N–H and O–H groups in total. The molecule has 1 unspecified atom stereocenters. The van der Waals surface area contributed by atoms with E-state index in [2.05, 4.69) is 10.4 Å². The van der Waals surface area contributed by atoms with E-state index < -0.39 is 0 Å². The third-order valence-corrected chi connectivity index (χ3v) is 4.85. The maximum atomic E-state index is 12.6. The van der Waals surface area contributed by atoms with Crippen molar-refractivity contribution in [2.75, 3.05) is 11.9 Å². The fraction of sp³-hybridized carbons (Fsp3) is 0.412. The van der Waals surface area contributed by atoms with Crippen molar-refractivity contribution in [2.24, 2.45) is 7.05 Å². The first-order valence-corrected chi connectivity index (χ1v) is 8.36. The number of rotatable bonds is 3. The first-order valence-electron chi connectivity index (χ1n) is 7.98. The van der Waals surface area contributed by atoms with E-state index in [-0.39, 0.29) is 12.1 Å². The molecule has 1 aliphatic heterocycles. The Kier molecular flexibility index (Phi) is 3.53. The Morgan fingerprint density at radius 3 is 2.61 bits per heavy atom. The third-order valence-electron chi connectivity index (χ3n) is 4.60. The summed E-state index contributed by atoms with van der Waals surface area (Å²) < 4.78 is 1.77. The first-order chi connectivity index (χ1) is 11.1. The summed E-state index contributed by atoms with van der Waals surface area (Å²) in [5, 5.41) is 8.24. The zero-order chi connectivity index (χ0) is 16.0.